The number of benzene rings is 1. The van der Waals surface area contributed by atoms with Crippen LogP contribution in [-0.2, 0) is 16.1 Å². The lowest BCUT2D eigenvalue weighted by molar-refractivity contribution is -0.193. The highest BCUT2D eigenvalue weighted by Crippen LogP contribution is 2.27. The van der Waals surface area contributed by atoms with Gasteiger partial charge in [0.2, 0.25) is 5.78 Å². The van der Waals surface area contributed by atoms with E-state index in [1.807, 2.05) is 6.07 Å². The van der Waals surface area contributed by atoms with Crippen molar-refractivity contribution in [2.24, 2.45) is 5.92 Å². The summed E-state index contributed by atoms with van der Waals surface area (Å²) in [4.78, 5) is 45.9. The molecule has 240 valence electrons. The van der Waals surface area contributed by atoms with Crippen LogP contribution in [0.3, 0.4) is 0 Å². The number of ether oxygens (including phenoxy) is 2. The fraction of sp³-hybridized carbons (Fsp3) is 0.485. The molecule has 1 saturated heterocycles. The summed E-state index contributed by atoms with van der Waals surface area (Å²) in [6, 6.07) is 12.3. The molecular weight excluding hydrogens is 591 g/mol. The Balaban J connectivity index is 1.04. The number of pyridine rings is 1. The Morgan fingerprint density at radius 2 is 1.73 bits per heavy atom. The number of rotatable bonds is 11. The first kappa shape index (κ1) is 32.3. The summed E-state index contributed by atoms with van der Waals surface area (Å²) in [5.41, 5.74) is 0.777. The van der Waals surface area contributed by atoms with E-state index in [0.29, 0.717) is 18.4 Å². The minimum Gasteiger partial charge on any atom is -0.490 e. The first-order chi connectivity index (χ1) is 21.6. The van der Waals surface area contributed by atoms with E-state index in [1.165, 1.54) is 43.2 Å². The number of hydrogen-bond acceptors (Lipinski definition) is 9. The Kier molecular flexibility index (Phi) is 10.6. The molecule has 2 aromatic heterocycles. The number of carbonyl (C=O) groups excluding carboxylic acids is 3. The molecule has 0 unspecified atom stereocenters. The number of Topliss-reactive ketones (excluding diaryl/α,β-unsaturated/α-hetero) is 1. The normalized spacial score (nSPS) is 16.8. The van der Waals surface area contributed by atoms with E-state index in [9.17, 15) is 27.6 Å². The van der Waals surface area contributed by atoms with Crippen molar-refractivity contribution < 1.29 is 41.4 Å². The van der Waals surface area contributed by atoms with Gasteiger partial charge in [-0.05, 0) is 100 Å². The van der Waals surface area contributed by atoms with Gasteiger partial charge in [-0.2, -0.15) is 13.2 Å². The van der Waals surface area contributed by atoms with Crippen molar-refractivity contribution in [2.45, 2.75) is 83.0 Å². The summed E-state index contributed by atoms with van der Waals surface area (Å²) in [6.45, 7) is 2.89. The Morgan fingerprint density at radius 1 is 0.978 bits per heavy atom. The van der Waals surface area contributed by atoms with Gasteiger partial charge in [0.1, 0.15) is 17.1 Å². The van der Waals surface area contributed by atoms with E-state index in [4.69, 9.17) is 9.15 Å². The molecule has 1 aliphatic carbocycles. The number of hydrogen-bond donors (Lipinski definition) is 0. The number of halogens is 3. The number of alkyl halides is 3. The molecule has 0 N–H and O–H groups in total. The molecule has 0 radical (unpaired) electrons. The summed E-state index contributed by atoms with van der Waals surface area (Å²) < 4.78 is 52.8. The summed E-state index contributed by atoms with van der Waals surface area (Å²) in [5, 5.41) is 0. The maximum atomic E-state index is 12.7. The standard InChI is InChI=1S/C33H36F3N3O6/c34-33(35,36)32(42)45-31(41)27-13-6-12-26(38-27)29-20-37-30(44-29)28(40)14-5-7-22-15-17-39(18-16-22)21-23-8-4-11-25(19-23)43-24-9-2-1-3-10-24/h4,6,8,11-13,19-20,22,24H,1-3,5,7,9-10,14-18,21H2. The minimum absolute atomic E-state index is 0.0469. The van der Waals surface area contributed by atoms with Gasteiger partial charge in [-0.15, -0.1) is 0 Å². The second-order valence-electron chi connectivity index (χ2n) is 11.7. The Bertz CT molecular complexity index is 1480. The lowest BCUT2D eigenvalue weighted by atomic mass is 9.91. The molecule has 2 aliphatic rings. The van der Waals surface area contributed by atoms with Gasteiger partial charge in [0, 0.05) is 13.0 Å². The van der Waals surface area contributed by atoms with Gasteiger partial charge in [0.05, 0.1) is 12.3 Å². The smallest absolute Gasteiger partial charge is 0.490 e. The van der Waals surface area contributed by atoms with Crippen LogP contribution in [-0.4, -0.2) is 58.0 Å². The number of likely N-dealkylation sites (tertiary alicyclic amines) is 1. The van der Waals surface area contributed by atoms with Gasteiger partial charge in [-0.25, -0.2) is 19.6 Å². The molecule has 9 nitrogen and oxygen atoms in total. The van der Waals surface area contributed by atoms with Crippen molar-refractivity contribution in [3.8, 4) is 17.2 Å². The van der Waals surface area contributed by atoms with Crippen molar-refractivity contribution in [1.82, 2.24) is 14.9 Å². The monoisotopic (exact) mass is 627 g/mol. The molecule has 1 aliphatic heterocycles. The molecule has 0 spiro atoms. The third-order valence-electron chi connectivity index (χ3n) is 8.25. The summed E-state index contributed by atoms with van der Waals surface area (Å²) >= 11 is 0. The van der Waals surface area contributed by atoms with Crippen molar-refractivity contribution >= 4 is 17.7 Å². The van der Waals surface area contributed by atoms with Crippen LogP contribution in [0.1, 0.15) is 90.9 Å². The zero-order chi connectivity index (χ0) is 31.8. The topological polar surface area (TPSA) is 112 Å². The Labute approximate surface area is 259 Å². The van der Waals surface area contributed by atoms with Crippen LogP contribution >= 0.6 is 0 Å². The second-order valence-corrected chi connectivity index (χ2v) is 11.7. The van der Waals surface area contributed by atoms with E-state index >= 15 is 0 Å². The number of esters is 2. The highest BCUT2D eigenvalue weighted by molar-refractivity contribution is 5.97. The molecule has 1 aromatic carbocycles. The number of aromatic nitrogens is 2. The number of ketones is 1. The molecule has 5 rings (SSSR count). The third kappa shape index (κ3) is 9.23. The fourth-order valence-electron chi connectivity index (χ4n) is 5.84. The quantitative estimate of drug-likeness (QED) is 0.127. The minimum atomic E-state index is -5.32. The zero-order valence-corrected chi connectivity index (χ0v) is 24.9. The molecule has 3 heterocycles. The SMILES string of the molecule is O=C(OC(=O)C(F)(F)F)c1cccc(-c2cnc(C(=O)CCCC3CCN(Cc4cccc(OC5CCCCC5)c4)CC3)o2)n1. The van der Waals surface area contributed by atoms with E-state index in [0.717, 1.165) is 63.6 Å². The average molecular weight is 628 g/mol. The highest BCUT2D eigenvalue weighted by atomic mass is 19.4. The van der Waals surface area contributed by atoms with Crippen molar-refractivity contribution in [3.05, 3.63) is 65.8 Å². The number of piperidine rings is 1. The fourth-order valence-corrected chi connectivity index (χ4v) is 5.84. The third-order valence-corrected chi connectivity index (χ3v) is 8.25. The van der Waals surface area contributed by atoms with Crippen LogP contribution in [0.4, 0.5) is 13.2 Å². The predicted molar refractivity (Wildman–Crippen MR) is 156 cm³/mol. The molecule has 45 heavy (non-hydrogen) atoms. The van der Waals surface area contributed by atoms with Crippen molar-refractivity contribution in [2.75, 3.05) is 13.1 Å². The van der Waals surface area contributed by atoms with Gasteiger partial charge in [0.25, 0.3) is 5.89 Å². The van der Waals surface area contributed by atoms with Gasteiger partial charge in [-0.3, -0.25) is 9.69 Å². The summed E-state index contributed by atoms with van der Waals surface area (Å²) in [6.07, 6.45) is 6.32. The van der Waals surface area contributed by atoms with E-state index in [1.54, 1.807) is 0 Å². The lowest BCUT2D eigenvalue weighted by Gasteiger charge is -2.32. The van der Waals surface area contributed by atoms with Gasteiger partial charge in [0.15, 0.2) is 5.76 Å². The largest absolute Gasteiger partial charge is 0.491 e. The van der Waals surface area contributed by atoms with Crippen molar-refractivity contribution in [1.29, 1.82) is 0 Å². The number of nitrogens with zero attached hydrogens (tertiary/aromatic N) is 3. The molecule has 1 saturated carbocycles. The zero-order valence-electron chi connectivity index (χ0n) is 24.9. The van der Waals surface area contributed by atoms with Crippen LogP contribution in [0.15, 0.2) is 53.1 Å². The molecule has 0 atom stereocenters. The maximum Gasteiger partial charge on any atom is 0.491 e. The number of oxazole rings is 1. The molecule has 12 heteroatoms. The van der Waals surface area contributed by atoms with Gasteiger partial charge in [-0.1, -0.05) is 24.6 Å². The number of carbonyl (C=O) groups is 3. The molecule has 0 bridgehead atoms. The summed E-state index contributed by atoms with van der Waals surface area (Å²) in [5.74, 6) is -3.05. The first-order valence-electron chi connectivity index (χ1n) is 15.4. The summed E-state index contributed by atoms with van der Waals surface area (Å²) in [7, 11) is 0. The van der Waals surface area contributed by atoms with Crippen LogP contribution in [0.2, 0.25) is 0 Å². The van der Waals surface area contributed by atoms with E-state index < -0.39 is 23.8 Å². The molecule has 2 fully saturated rings. The van der Waals surface area contributed by atoms with Crippen molar-refractivity contribution in [3.63, 3.8) is 0 Å². The second kappa shape index (κ2) is 14.8. The van der Waals surface area contributed by atoms with Gasteiger partial charge < -0.3 is 13.9 Å². The van der Waals surface area contributed by atoms with Crippen LogP contribution < -0.4 is 4.74 Å². The lowest BCUT2D eigenvalue weighted by Crippen LogP contribution is -2.33. The Morgan fingerprint density at radius 3 is 2.49 bits per heavy atom. The van der Waals surface area contributed by atoms with Crippen LogP contribution in [0, 0.1) is 5.92 Å². The molecule has 0 amide bonds. The molecular formula is C33H36F3N3O6. The highest BCUT2D eigenvalue weighted by Gasteiger charge is 2.42. The Hall–Kier alpha value is -4.06. The predicted octanol–water partition coefficient (Wildman–Crippen LogP) is 6.96. The van der Waals surface area contributed by atoms with Crippen LogP contribution in [0.5, 0.6) is 5.75 Å². The molecule has 3 aromatic rings. The maximum absolute atomic E-state index is 12.7. The van der Waals surface area contributed by atoms with Crippen LogP contribution in [0.25, 0.3) is 11.5 Å². The first-order valence-corrected chi connectivity index (χ1v) is 15.4. The average Bonchev–Trinajstić information content (AvgIpc) is 3.53. The van der Waals surface area contributed by atoms with E-state index in [-0.39, 0.29) is 29.5 Å². The van der Waals surface area contributed by atoms with E-state index in [2.05, 4.69) is 37.8 Å². The van der Waals surface area contributed by atoms with Gasteiger partial charge >= 0.3 is 18.1 Å².